The van der Waals surface area contributed by atoms with Crippen LogP contribution in [0.25, 0.3) is 0 Å². The van der Waals surface area contributed by atoms with Gasteiger partial charge in [0.2, 0.25) is 5.91 Å². The van der Waals surface area contributed by atoms with Gasteiger partial charge in [0.15, 0.2) is 0 Å². The average Bonchev–Trinajstić information content (AvgIpc) is 3.08. The predicted molar refractivity (Wildman–Crippen MR) is 93.7 cm³/mol. The highest BCUT2D eigenvalue weighted by atomic mass is 16.1. The van der Waals surface area contributed by atoms with E-state index in [1.807, 2.05) is 12.4 Å². The molecule has 1 N–H and O–H groups in total. The number of fused-ring (bicyclic) bond motifs is 2. The maximum atomic E-state index is 12.7. The largest absolute Gasteiger partial charge is 0.349 e. The van der Waals surface area contributed by atoms with Crippen LogP contribution < -0.4 is 5.32 Å². The number of aryl methyl sites for hydroxylation is 3. The van der Waals surface area contributed by atoms with Crippen molar-refractivity contribution in [1.82, 2.24) is 14.9 Å². The zero-order valence-electron chi connectivity index (χ0n) is 14.3. The summed E-state index contributed by atoms with van der Waals surface area (Å²) in [4.78, 5) is 17.0. The summed E-state index contributed by atoms with van der Waals surface area (Å²) >= 11 is 0. The van der Waals surface area contributed by atoms with E-state index in [1.54, 1.807) is 0 Å². The normalized spacial score (nSPS) is 20.8. The van der Waals surface area contributed by atoms with Gasteiger partial charge in [0, 0.05) is 31.3 Å². The monoisotopic (exact) mass is 323 g/mol. The fourth-order valence-electron chi connectivity index (χ4n) is 4.01. The molecule has 1 aliphatic carbocycles. The van der Waals surface area contributed by atoms with E-state index < -0.39 is 0 Å². The molecule has 0 radical (unpaired) electrons. The minimum atomic E-state index is 0.0416. The molecule has 0 saturated carbocycles. The molecule has 4 nitrogen and oxygen atoms in total. The highest BCUT2D eigenvalue weighted by Crippen LogP contribution is 2.26. The van der Waals surface area contributed by atoms with Crippen LogP contribution in [-0.2, 0) is 30.6 Å². The number of aromatic nitrogens is 2. The molecular formula is C20H25N3O. The van der Waals surface area contributed by atoms with Crippen LogP contribution in [0, 0.1) is 5.92 Å². The van der Waals surface area contributed by atoms with Crippen molar-refractivity contribution >= 4 is 5.91 Å². The fourth-order valence-corrected chi connectivity index (χ4v) is 4.01. The first kappa shape index (κ1) is 15.4. The van der Waals surface area contributed by atoms with Crippen molar-refractivity contribution in [3.05, 3.63) is 53.1 Å². The lowest BCUT2D eigenvalue weighted by atomic mass is 9.89. The van der Waals surface area contributed by atoms with Gasteiger partial charge in [-0.3, -0.25) is 4.79 Å². The van der Waals surface area contributed by atoms with Gasteiger partial charge < -0.3 is 9.88 Å². The Kier molecular flexibility index (Phi) is 4.13. The zero-order valence-corrected chi connectivity index (χ0v) is 14.3. The fraction of sp³-hybridized carbons (Fsp3) is 0.500. The van der Waals surface area contributed by atoms with Crippen molar-refractivity contribution in [2.75, 3.05) is 0 Å². The molecule has 4 heteroatoms. The van der Waals surface area contributed by atoms with Crippen molar-refractivity contribution in [2.45, 2.75) is 58.0 Å². The summed E-state index contributed by atoms with van der Waals surface area (Å²) in [5.74, 6) is 1.23. The number of imidazole rings is 1. The first-order chi connectivity index (χ1) is 11.7. The molecule has 2 aliphatic rings. The van der Waals surface area contributed by atoms with E-state index in [0.717, 1.165) is 25.2 Å². The van der Waals surface area contributed by atoms with E-state index in [-0.39, 0.29) is 17.9 Å². The molecule has 0 unspecified atom stereocenters. The Hall–Kier alpha value is -2.10. The number of nitrogens with zero attached hydrogens (tertiary/aromatic N) is 2. The number of amides is 1. The standard InChI is InChI=1S/C20H25N3O/c1-14(16-7-6-15-4-2-3-5-17(15)12-16)22-20(24)18-8-10-23-11-9-21-19(23)13-18/h6-7,9,11-12,14,18H,2-5,8,10,13H2,1H3,(H,22,24)/t14-,18+/m0/s1. The number of benzene rings is 1. The SMILES string of the molecule is C[C@H](NC(=O)[C@@H]1CCn2ccnc2C1)c1ccc2c(c1)CCCC2. The third-order valence-corrected chi connectivity index (χ3v) is 5.55. The minimum Gasteiger partial charge on any atom is -0.349 e. The first-order valence-corrected chi connectivity index (χ1v) is 9.13. The van der Waals surface area contributed by atoms with E-state index in [0.29, 0.717) is 0 Å². The highest BCUT2D eigenvalue weighted by Gasteiger charge is 2.26. The number of hydrogen-bond acceptors (Lipinski definition) is 2. The first-order valence-electron chi connectivity index (χ1n) is 9.13. The van der Waals surface area contributed by atoms with Crippen LogP contribution in [0.1, 0.15) is 54.7 Å². The second kappa shape index (κ2) is 6.42. The quantitative estimate of drug-likeness (QED) is 0.943. The highest BCUT2D eigenvalue weighted by molar-refractivity contribution is 5.79. The van der Waals surface area contributed by atoms with Crippen LogP contribution in [0.5, 0.6) is 0 Å². The Bertz CT molecular complexity index is 749. The van der Waals surface area contributed by atoms with Gasteiger partial charge in [-0.2, -0.15) is 0 Å². The second-order valence-corrected chi connectivity index (χ2v) is 7.19. The molecule has 1 aliphatic heterocycles. The number of carbonyl (C=O) groups is 1. The molecule has 0 saturated heterocycles. The maximum Gasteiger partial charge on any atom is 0.224 e. The predicted octanol–water partition coefficient (Wildman–Crippen LogP) is 3.20. The molecule has 1 aromatic heterocycles. The van der Waals surface area contributed by atoms with Gasteiger partial charge in [-0.05, 0) is 55.7 Å². The zero-order chi connectivity index (χ0) is 16.5. The molecule has 4 rings (SSSR count). The smallest absolute Gasteiger partial charge is 0.224 e. The lowest BCUT2D eigenvalue weighted by Gasteiger charge is -2.25. The van der Waals surface area contributed by atoms with E-state index in [1.165, 1.54) is 42.4 Å². The Morgan fingerprint density at radius 2 is 2.12 bits per heavy atom. The summed E-state index contributed by atoms with van der Waals surface area (Å²) in [5.41, 5.74) is 4.18. The van der Waals surface area contributed by atoms with Gasteiger partial charge in [0.1, 0.15) is 5.82 Å². The molecule has 1 aromatic carbocycles. The molecule has 2 heterocycles. The Balaban J connectivity index is 1.42. The lowest BCUT2D eigenvalue weighted by molar-refractivity contribution is -0.126. The van der Waals surface area contributed by atoms with E-state index >= 15 is 0 Å². The summed E-state index contributed by atoms with van der Waals surface area (Å²) in [5, 5.41) is 3.22. The van der Waals surface area contributed by atoms with Crippen LogP contribution in [0.3, 0.4) is 0 Å². The van der Waals surface area contributed by atoms with E-state index in [2.05, 4.69) is 40.0 Å². The molecule has 0 bridgehead atoms. The van der Waals surface area contributed by atoms with Crippen LogP contribution in [0.15, 0.2) is 30.6 Å². The molecule has 0 fully saturated rings. The van der Waals surface area contributed by atoms with Crippen LogP contribution in [-0.4, -0.2) is 15.5 Å². The van der Waals surface area contributed by atoms with E-state index in [9.17, 15) is 4.79 Å². The van der Waals surface area contributed by atoms with Gasteiger partial charge in [-0.15, -0.1) is 0 Å². The van der Waals surface area contributed by atoms with Gasteiger partial charge >= 0.3 is 0 Å². The Morgan fingerprint density at radius 1 is 1.29 bits per heavy atom. The topological polar surface area (TPSA) is 46.9 Å². The van der Waals surface area contributed by atoms with Crippen molar-refractivity contribution in [3.8, 4) is 0 Å². The number of hydrogen-bond donors (Lipinski definition) is 1. The number of carbonyl (C=O) groups excluding carboxylic acids is 1. The lowest BCUT2D eigenvalue weighted by Crippen LogP contribution is -2.36. The van der Waals surface area contributed by atoms with Crippen molar-refractivity contribution in [3.63, 3.8) is 0 Å². The molecule has 126 valence electrons. The molecule has 0 spiro atoms. The van der Waals surface area contributed by atoms with Crippen molar-refractivity contribution in [2.24, 2.45) is 5.92 Å². The summed E-state index contributed by atoms with van der Waals surface area (Å²) in [6, 6.07) is 6.80. The van der Waals surface area contributed by atoms with Crippen LogP contribution in [0.4, 0.5) is 0 Å². The molecule has 2 aromatic rings. The Labute approximate surface area is 143 Å². The van der Waals surface area contributed by atoms with Gasteiger partial charge in [0.05, 0.1) is 6.04 Å². The summed E-state index contributed by atoms with van der Waals surface area (Å²) in [6.07, 6.45) is 10.4. The second-order valence-electron chi connectivity index (χ2n) is 7.19. The average molecular weight is 323 g/mol. The maximum absolute atomic E-state index is 12.7. The summed E-state index contributed by atoms with van der Waals surface area (Å²) in [6.45, 7) is 2.98. The molecular weight excluding hydrogens is 298 g/mol. The van der Waals surface area contributed by atoms with Gasteiger partial charge in [-0.1, -0.05) is 18.2 Å². The van der Waals surface area contributed by atoms with Crippen LogP contribution in [0.2, 0.25) is 0 Å². The van der Waals surface area contributed by atoms with Gasteiger partial charge in [-0.25, -0.2) is 4.98 Å². The molecule has 1 amide bonds. The third-order valence-electron chi connectivity index (χ3n) is 5.55. The molecule has 24 heavy (non-hydrogen) atoms. The van der Waals surface area contributed by atoms with Crippen molar-refractivity contribution < 1.29 is 4.79 Å². The molecule has 2 atom stereocenters. The van der Waals surface area contributed by atoms with Crippen molar-refractivity contribution in [1.29, 1.82) is 0 Å². The summed E-state index contributed by atoms with van der Waals surface area (Å²) in [7, 11) is 0. The van der Waals surface area contributed by atoms with E-state index in [4.69, 9.17) is 0 Å². The van der Waals surface area contributed by atoms with Crippen LogP contribution >= 0.6 is 0 Å². The Morgan fingerprint density at radius 3 is 3.00 bits per heavy atom. The third kappa shape index (κ3) is 2.97. The minimum absolute atomic E-state index is 0.0416. The number of rotatable bonds is 3. The van der Waals surface area contributed by atoms with Gasteiger partial charge in [0.25, 0.3) is 0 Å². The number of nitrogens with one attached hydrogen (secondary N) is 1. The summed E-state index contributed by atoms with van der Waals surface area (Å²) < 4.78 is 2.15.